The zero-order chi connectivity index (χ0) is 24.1. The van der Waals surface area contributed by atoms with Crippen LogP contribution in [0.3, 0.4) is 0 Å². The number of phenolic OH excluding ortho intramolecular Hbond substituents is 1. The molecule has 33 heavy (non-hydrogen) atoms. The van der Waals surface area contributed by atoms with Crippen molar-refractivity contribution in [2.45, 2.75) is 6.92 Å². The Kier molecular flexibility index (Phi) is 8.12. The van der Waals surface area contributed by atoms with Crippen molar-refractivity contribution in [3.8, 4) is 17.2 Å². The van der Waals surface area contributed by atoms with Crippen LogP contribution in [0, 0.1) is 0 Å². The molecule has 0 aliphatic carbocycles. The van der Waals surface area contributed by atoms with Gasteiger partial charge in [-0.1, -0.05) is 16.8 Å². The van der Waals surface area contributed by atoms with Crippen LogP contribution in [0.25, 0.3) is 0 Å². The van der Waals surface area contributed by atoms with Crippen molar-refractivity contribution in [3.63, 3.8) is 0 Å². The van der Waals surface area contributed by atoms with E-state index in [-0.39, 0.29) is 17.1 Å². The van der Waals surface area contributed by atoms with E-state index < -0.39 is 12.6 Å². The Hall–Kier alpha value is -2.88. The summed E-state index contributed by atoms with van der Waals surface area (Å²) in [6.07, 6.45) is 0. The summed E-state index contributed by atoms with van der Waals surface area (Å²) in [6, 6.07) is 14.2. The zero-order valence-corrected chi connectivity index (χ0v) is 20.9. The van der Waals surface area contributed by atoms with E-state index in [0.29, 0.717) is 42.3 Å². The molecule has 7 nitrogen and oxygen atoms in total. The number of carbonyl (C=O) groups is 2. The lowest BCUT2D eigenvalue weighted by molar-refractivity contribution is -0.142. The van der Waals surface area contributed by atoms with Crippen molar-refractivity contribution < 1.29 is 29.4 Å². The number of rotatable bonds is 8. The summed E-state index contributed by atoms with van der Waals surface area (Å²) in [5.41, 5.74) is 1.58. The van der Waals surface area contributed by atoms with Crippen molar-refractivity contribution >= 4 is 60.9 Å². The molecule has 0 unspecified atom stereocenters. The third-order valence-corrected chi connectivity index (χ3v) is 5.77. The van der Waals surface area contributed by atoms with E-state index in [2.05, 4.69) is 37.0 Å². The third-order valence-electron chi connectivity index (χ3n) is 4.34. The number of aromatic hydroxyl groups is 1. The molecule has 0 saturated carbocycles. The minimum absolute atomic E-state index is 0.0808. The molecule has 2 N–H and O–H groups in total. The second-order valence-corrected chi connectivity index (χ2v) is 8.88. The molecule has 0 atom stereocenters. The summed E-state index contributed by atoms with van der Waals surface area (Å²) in [7, 11) is 0. The maximum atomic E-state index is 12.8. The van der Waals surface area contributed by atoms with E-state index in [4.69, 9.17) is 26.3 Å². The normalized spacial score (nSPS) is 11.2. The predicted octanol–water partition coefficient (Wildman–Crippen LogP) is 6.42. The van der Waals surface area contributed by atoms with Gasteiger partial charge in [0.1, 0.15) is 11.5 Å². The fourth-order valence-corrected chi connectivity index (χ4v) is 4.21. The number of ketones is 1. The highest BCUT2D eigenvalue weighted by atomic mass is 79.9. The average Bonchev–Trinajstić information content (AvgIpc) is 2.77. The molecule has 0 heterocycles. The minimum Gasteiger partial charge on any atom is -0.507 e. The van der Waals surface area contributed by atoms with Gasteiger partial charge in [0.15, 0.2) is 11.5 Å². The lowest BCUT2D eigenvalue weighted by Gasteiger charge is -2.13. The van der Waals surface area contributed by atoms with Crippen LogP contribution in [-0.4, -0.2) is 34.3 Å². The summed E-state index contributed by atoms with van der Waals surface area (Å²) >= 11 is 12.8. The fourth-order valence-electron chi connectivity index (χ4n) is 2.74. The van der Waals surface area contributed by atoms with E-state index >= 15 is 0 Å². The molecule has 170 valence electrons. The number of hydrogen-bond acceptors (Lipinski definition) is 6. The van der Waals surface area contributed by atoms with Crippen molar-refractivity contribution in [2.75, 3.05) is 6.61 Å². The Labute approximate surface area is 210 Å². The van der Waals surface area contributed by atoms with Gasteiger partial charge in [-0.2, -0.15) is 0 Å². The molecule has 0 bridgehead atoms. The molecule has 10 heteroatoms. The number of benzene rings is 3. The molecular weight excluding hydrogens is 582 g/mol. The Morgan fingerprint density at radius 3 is 2.24 bits per heavy atom. The first-order valence-electron chi connectivity index (χ1n) is 9.34. The Morgan fingerprint density at radius 1 is 1.00 bits per heavy atom. The molecule has 0 aromatic heterocycles. The monoisotopic (exact) mass is 595 g/mol. The smallest absolute Gasteiger partial charge is 0.344 e. The van der Waals surface area contributed by atoms with Gasteiger partial charge >= 0.3 is 5.97 Å². The number of carbonyl (C=O) groups excluding carboxylic acids is 1. The number of hydrogen-bond donors (Lipinski definition) is 2. The van der Waals surface area contributed by atoms with E-state index in [1.54, 1.807) is 43.3 Å². The zero-order valence-electron chi connectivity index (χ0n) is 17.0. The molecule has 3 aromatic rings. The van der Waals surface area contributed by atoms with Gasteiger partial charge in [0.2, 0.25) is 6.61 Å². The quantitative estimate of drug-likeness (QED) is 0.176. The molecule has 0 saturated heterocycles. The van der Waals surface area contributed by atoms with Gasteiger partial charge in [0.25, 0.3) is 0 Å². The second-order valence-electron chi connectivity index (χ2n) is 6.73. The van der Waals surface area contributed by atoms with Crippen LogP contribution >= 0.6 is 43.5 Å². The molecule has 0 radical (unpaired) electrons. The van der Waals surface area contributed by atoms with Gasteiger partial charge < -0.3 is 19.8 Å². The van der Waals surface area contributed by atoms with Gasteiger partial charge in [0, 0.05) is 16.1 Å². The highest BCUT2D eigenvalue weighted by Gasteiger charge is 2.17. The van der Waals surface area contributed by atoms with Crippen LogP contribution in [0.15, 0.2) is 68.7 Å². The van der Waals surface area contributed by atoms with Crippen LogP contribution in [0.4, 0.5) is 0 Å². The standard InChI is InChI=1S/C23H16Br2ClNO6/c1-12(27-32-11-21(29)30)14-8-18(24)23(19(25)9-14)33-16-6-7-20(28)17(10-16)22(31)13-2-4-15(26)5-3-13/h2-10,28H,11H2,1H3,(H,29,30)/b27-12+. The number of carboxylic acid groups (broad SMARTS) is 1. The molecule has 3 aromatic carbocycles. The maximum Gasteiger partial charge on any atom is 0.344 e. The number of carboxylic acids is 1. The summed E-state index contributed by atoms with van der Waals surface area (Å²) in [4.78, 5) is 28.2. The molecule has 0 spiro atoms. The van der Waals surface area contributed by atoms with E-state index in [1.165, 1.54) is 18.2 Å². The highest BCUT2D eigenvalue weighted by Crippen LogP contribution is 2.39. The van der Waals surface area contributed by atoms with E-state index in [9.17, 15) is 14.7 Å². The molecule has 0 aliphatic heterocycles. The Bertz CT molecular complexity index is 1220. The largest absolute Gasteiger partial charge is 0.507 e. The molecule has 0 aliphatic rings. The van der Waals surface area contributed by atoms with Crippen LogP contribution in [0.1, 0.15) is 28.4 Å². The number of phenols is 1. The van der Waals surface area contributed by atoms with Gasteiger partial charge in [-0.05, 0) is 93.4 Å². The molecule has 0 amide bonds. The van der Waals surface area contributed by atoms with Crippen LogP contribution in [0.2, 0.25) is 5.02 Å². The van der Waals surface area contributed by atoms with Gasteiger partial charge in [-0.15, -0.1) is 0 Å². The topological polar surface area (TPSA) is 105 Å². The van der Waals surface area contributed by atoms with Crippen molar-refractivity contribution in [1.29, 1.82) is 0 Å². The predicted molar refractivity (Wildman–Crippen MR) is 131 cm³/mol. The van der Waals surface area contributed by atoms with Crippen LogP contribution in [-0.2, 0) is 9.63 Å². The first kappa shape index (κ1) is 24.8. The summed E-state index contributed by atoms with van der Waals surface area (Å²) < 4.78 is 7.10. The van der Waals surface area contributed by atoms with Gasteiger partial charge in [-0.25, -0.2) is 4.79 Å². The minimum atomic E-state index is -1.12. The summed E-state index contributed by atoms with van der Waals surface area (Å²) in [5.74, 6) is -0.927. The molecule has 3 rings (SSSR count). The van der Waals surface area contributed by atoms with Gasteiger partial charge in [-0.3, -0.25) is 4.79 Å². The lowest BCUT2D eigenvalue weighted by Crippen LogP contribution is -2.05. The van der Waals surface area contributed by atoms with E-state index in [0.717, 1.165) is 0 Å². The van der Waals surface area contributed by atoms with Crippen molar-refractivity contribution in [3.05, 3.63) is 85.3 Å². The highest BCUT2D eigenvalue weighted by molar-refractivity contribution is 9.11. The number of ether oxygens (including phenoxy) is 1. The number of nitrogens with zero attached hydrogens (tertiary/aromatic N) is 1. The Balaban J connectivity index is 1.86. The number of oxime groups is 1. The summed E-state index contributed by atoms with van der Waals surface area (Å²) in [6.45, 7) is 1.13. The summed E-state index contributed by atoms with van der Waals surface area (Å²) in [5, 5.41) is 23.1. The second kappa shape index (κ2) is 10.8. The SMILES string of the molecule is C/C(=N\OCC(=O)O)c1cc(Br)c(Oc2ccc(O)c(C(=O)c3ccc(Cl)cc3)c2)c(Br)c1. The molecular formula is C23H16Br2ClNO6. The first-order chi connectivity index (χ1) is 15.7. The average molecular weight is 598 g/mol. The van der Waals surface area contributed by atoms with Crippen molar-refractivity contribution in [2.24, 2.45) is 5.16 Å². The van der Waals surface area contributed by atoms with Gasteiger partial charge in [0.05, 0.1) is 20.2 Å². The number of halogens is 3. The van der Waals surface area contributed by atoms with Crippen LogP contribution in [0.5, 0.6) is 17.2 Å². The lowest BCUT2D eigenvalue weighted by atomic mass is 10.0. The first-order valence-corrected chi connectivity index (χ1v) is 11.3. The maximum absolute atomic E-state index is 12.8. The van der Waals surface area contributed by atoms with Crippen LogP contribution < -0.4 is 4.74 Å². The Morgan fingerprint density at radius 2 is 1.64 bits per heavy atom. The van der Waals surface area contributed by atoms with Crippen molar-refractivity contribution in [1.82, 2.24) is 0 Å². The number of aliphatic carboxylic acids is 1. The fraction of sp³-hybridized carbons (Fsp3) is 0.0870. The van der Waals surface area contributed by atoms with E-state index in [1.807, 2.05) is 0 Å². The third kappa shape index (κ3) is 6.34. The molecule has 0 fully saturated rings.